The van der Waals surface area contributed by atoms with Gasteiger partial charge in [-0.15, -0.1) is 0 Å². The molecule has 0 saturated heterocycles. The highest BCUT2D eigenvalue weighted by atomic mass is 16.5. The number of anilines is 5. The molecule has 0 atom stereocenters. The van der Waals surface area contributed by atoms with Gasteiger partial charge in [-0.05, 0) is 131 Å². The monoisotopic (exact) mass is 1680 g/mol. The van der Waals surface area contributed by atoms with Crippen molar-refractivity contribution in [1.82, 2.24) is 41.0 Å². The van der Waals surface area contributed by atoms with Crippen LogP contribution in [0.5, 0.6) is 0 Å². The topological polar surface area (TPSA) is 441 Å². The maximum absolute atomic E-state index is 13.1. The maximum Gasteiger partial charge on any atom is 0.496 e. The summed E-state index contributed by atoms with van der Waals surface area (Å²) in [5.74, 6) is -0.0336. The molecule has 33 heteroatoms. The summed E-state index contributed by atoms with van der Waals surface area (Å²) in [5, 5.41) is 139. The van der Waals surface area contributed by atoms with E-state index in [-0.39, 0.29) is 83.7 Å². The number of nitrogens with one attached hydrogen (secondary N) is 7. The van der Waals surface area contributed by atoms with E-state index in [0.29, 0.717) is 101 Å². The molecule has 0 aliphatic carbocycles. The highest BCUT2D eigenvalue weighted by Crippen LogP contribution is 2.31. The van der Waals surface area contributed by atoms with Gasteiger partial charge in [0.25, 0.3) is 28.0 Å². The number of hydrogen-bond acceptors (Lipinski definition) is 22. The van der Waals surface area contributed by atoms with Gasteiger partial charge in [-0.2, -0.15) is 9.36 Å². The predicted octanol–water partition coefficient (Wildman–Crippen LogP) is 11.8. The highest BCUT2D eigenvalue weighted by molar-refractivity contribution is 6.08. The smallest absolute Gasteiger partial charge is 0.496 e. The van der Waals surface area contributed by atoms with Gasteiger partial charge in [0, 0.05) is 89.9 Å². The lowest BCUT2D eigenvalue weighted by Gasteiger charge is -2.13. The fourth-order valence-corrected chi connectivity index (χ4v) is 14.3. The van der Waals surface area contributed by atoms with E-state index < -0.39 is 0 Å². The molecule has 0 saturated carbocycles. The van der Waals surface area contributed by atoms with Crippen molar-refractivity contribution in [3.05, 3.63) is 284 Å². The summed E-state index contributed by atoms with van der Waals surface area (Å²) in [6.45, 7) is 4.98. The standard InChI is InChI=1S/C27H26N6O3.C26H26N6O2.C23H24N6O3.C13H19N5O2.2CH4/c34-27(31-22-13-5-3-11-20(22)19-21-12-4-6-14-23(21)31)29-18-10-2-1-9-17-28-26-30-33(36)25-16-8-7-15-24(25)32(26)35;33-31-23-15-7-8-16-24(23)32(34)30-26(31)28-18-10-2-1-9-17-27-25-19-11-3-5-13-21(19)29-22-14-6-4-12-20(22)25;30-22(18-13-16-24-19-10-4-3-9-17(18)19)25-14-7-1-2-8-15-26-23-27-29(32)21-12-6-5-11-20(21)28(23)31;14-9-5-1-2-6-10-15-13-16-18(20)12-8-4-3-7-11(12)17(13)19;;/h3-8,11-16,19H,1-2,9-10,17-18H2,(H-,28,29,30,34);3-8,11-16H,1-2,9-10,17-18H2,(H,27,29)(H,28,30);3-6,9-13,16H,1-2,7-8,14-15H2,(H,25,30)(H,26,27);3-4,7-8H,1-2,5-6,9-10,14H2,(H,15,16);2*1H4/p+1. The van der Waals surface area contributed by atoms with Crippen LogP contribution in [0.4, 0.5) is 34.3 Å². The molecule has 7 aromatic heterocycles. The van der Waals surface area contributed by atoms with E-state index in [4.69, 9.17) is 10.7 Å². The molecule has 0 fully saturated rings. The van der Waals surface area contributed by atoms with Crippen molar-refractivity contribution in [1.29, 1.82) is 0 Å². The van der Waals surface area contributed by atoms with Crippen molar-refractivity contribution >= 4 is 140 Å². The van der Waals surface area contributed by atoms with Crippen LogP contribution >= 0.6 is 0 Å². The minimum atomic E-state index is -0.141. The van der Waals surface area contributed by atoms with Crippen LogP contribution in [0.3, 0.4) is 0 Å². The van der Waals surface area contributed by atoms with Crippen LogP contribution in [-0.2, 0) is 0 Å². The highest BCUT2D eigenvalue weighted by Gasteiger charge is 2.25. The number of aromatic nitrogens is 15. The van der Waals surface area contributed by atoms with Gasteiger partial charge in [0.15, 0.2) is 22.1 Å². The number of para-hydroxylation sites is 13. The summed E-state index contributed by atoms with van der Waals surface area (Å²) in [5.41, 5.74) is 13.9. The van der Waals surface area contributed by atoms with Crippen LogP contribution < -0.4 is 85.8 Å². The van der Waals surface area contributed by atoms with Gasteiger partial charge in [0.2, 0.25) is 20.4 Å². The van der Waals surface area contributed by atoms with E-state index in [9.17, 15) is 51.2 Å². The molecule has 7 heterocycles. The molecule has 9 aromatic carbocycles. The van der Waals surface area contributed by atoms with Crippen molar-refractivity contribution in [2.24, 2.45) is 5.73 Å². The van der Waals surface area contributed by atoms with Crippen LogP contribution in [0.15, 0.2) is 237 Å². The number of amides is 2. The average Bonchev–Trinajstić information content (AvgIpc) is 0.760. The molecule has 16 aromatic rings. The lowest BCUT2D eigenvalue weighted by atomic mass is 10.1. The Labute approximate surface area is 716 Å². The van der Waals surface area contributed by atoms with Crippen LogP contribution in [0, 0.1) is 41.7 Å². The summed E-state index contributed by atoms with van der Waals surface area (Å²) in [6, 6.07) is 69.8. The van der Waals surface area contributed by atoms with E-state index in [1.165, 1.54) is 0 Å². The zero-order chi connectivity index (χ0) is 84.9. The van der Waals surface area contributed by atoms with Crippen molar-refractivity contribution < 1.29 is 52.5 Å². The van der Waals surface area contributed by atoms with E-state index >= 15 is 0 Å². The third kappa shape index (κ3) is 22.6. The fourth-order valence-electron chi connectivity index (χ4n) is 14.3. The van der Waals surface area contributed by atoms with Gasteiger partial charge < -0.3 is 58.0 Å². The Balaban J connectivity index is 0.000000163. The summed E-state index contributed by atoms with van der Waals surface area (Å²) in [6.07, 6.45) is 16.7. The number of nitrogens with zero attached hydrogens (tertiary/aromatic N) is 15. The van der Waals surface area contributed by atoms with Crippen LogP contribution in [0.2, 0.25) is 0 Å². The summed E-state index contributed by atoms with van der Waals surface area (Å²) in [7, 11) is 0. The zero-order valence-electron chi connectivity index (χ0n) is 67.4. The molecule has 0 radical (unpaired) electrons. The van der Waals surface area contributed by atoms with Gasteiger partial charge in [-0.25, -0.2) is 29.2 Å². The van der Waals surface area contributed by atoms with Gasteiger partial charge >= 0.3 is 29.8 Å². The molecule has 33 nitrogen and oxygen atoms in total. The minimum Gasteiger partial charge on any atom is -0.739 e. The lowest BCUT2D eigenvalue weighted by Crippen LogP contribution is -2.51. The normalized spacial score (nSPS) is 10.9. The molecular formula is C91H104N23O10+. The number of unbranched alkanes of at least 4 members (excludes halogenated alkanes) is 12. The Morgan fingerprint density at radius 1 is 0.306 bits per heavy atom. The second kappa shape index (κ2) is 45.0. The first kappa shape index (κ1) is 89.9. The number of benzene rings is 9. The number of hydrogen-bond donors (Lipinski definition) is 8. The number of carbonyl (C=O) groups is 2. The summed E-state index contributed by atoms with van der Waals surface area (Å²) >= 11 is 0. The Morgan fingerprint density at radius 2 is 0.605 bits per heavy atom. The van der Waals surface area contributed by atoms with Gasteiger partial charge in [0.05, 0.1) is 60.5 Å². The minimum absolute atomic E-state index is 0. The number of carbonyl (C=O) groups excluding carboxylic acids is 2. The molecule has 0 spiro atoms. The first-order valence-electron chi connectivity index (χ1n) is 41.1. The summed E-state index contributed by atoms with van der Waals surface area (Å²) in [4.78, 5) is 36.5. The third-order valence-corrected chi connectivity index (χ3v) is 20.5. The second-order valence-electron chi connectivity index (χ2n) is 29.0. The van der Waals surface area contributed by atoms with Crippen LogP contribution in [0.1, 0.15) is 128 Å². The van der Waals surface area contributed by atoms with E-state index in [0.717, 1.165) is 169 Å². The van der Waals surface area contributed by atoms with Gasteiger partial charge in [-0.1, -0.05) is 199 Å². The molecule has 9 N–H and O–H groups in total. The Bertz CT molecular complexity index is 6190. The first-order chi connectivity index (χ1) is 59.7. The number of nitrogens with two attached hydrogens (primary N) is 1. The van der Waals surface area contributed by atoms with E-state index in [1.807, 2.05) is 109 Å². The number of pyridine rings is 3. The largest absolute Gasteiger partial charge is 0.739 e. The average molecular weight is 1680 g/mol. The fraction of sp³-hybridized carbons (Fsp3) is 0.286. The molecule has 642 valence electrons. The molecule has 0 aliphatic rings. The van der Waals surface area contributed by atoms with Crippen molar-refractivity contribution in [2.45, 2.75) is 118 Å². The third-order valence-electron chi connectivity index (χ3n) is 20.5. The molecule has 0 bridgehead atoms. The van der Waals surface area contributed by atoms with Crippen LogP contribution in [-0.4, -0.2) is 94.7 Å². The molecule has 0 aliphatic heterocycles. The van der Waals surface area contributed by atoms with E-state index in [1.54, 1.807) is 114 Å². The quantitative estimate of drug-likeness (QED) is 0.00819. The number of rotatable bonds is 33. The molecule has 16 rings (SSSR count). The van der Waals surface area contributed by atoms with E-state index in [2.05, 4.69) is 80.8 Å². The number of fused-ring (bicyclic) bond motifs is 9. The summed E-state index contributed by atoms with van der Waals surface area (Å²) < 4.78 is 4.36. The molecule has 0 unspecified atom stereocenters. The maximum atomic E-state index is 13.1. The second-order valence-corrected chi connectivity index (χ2v) is 29.0. The van der Waals surface area contributed by atoms with Crippen LogP contribution in [0.25, 0.3) is 98.6 Å². The lowest BCUT2D eigenvalue weighted by molar-refractivity contribution is -0.672. The first-order valence-corrected chi connectivity index (χ1v) is 41.1. The SMILES string of the molecule is C.C.NCCCCCCNc1n[n+]([O-])c2ccccc2[n+]1[O-].O=C(NCCCCCCNc1n[n+]([O-])c2ccccc2[n+]1[O-])[n+]1c2ccccc2cc2ccccc21.O=C(NCCCCCCNc1n[n+]([O-])c2ccccc2[n+]1[O-])c1ccnc2ccccc12.[O-][n+]1nc(NCCCCCCNc2c3ccccc3nc3ccccc23)[n+]([O-])c2ccccc21. The Hall–Kier alpha value is -14.9. The Morgan fingerprint density at radius 3 is 0.984 bits per heavy atom. The molecule has 2 amide bonds. The van der Waals surface area contributed by atoms with Gasteiger partial charge in [-0.3, -0.25) is 31.0 Å². The van der Waals surface area contributed by atoms with Crippen molar-refractivity contribution in [2.75, 3.05) is 78.9 Å². The molecule has 124 heavy (non-hydrogen) atoms. The van der Waals surface area contributed by atoms with Crippen molar-refractivity contribution in [3.8, 4) is 0 Å². The zero-order valence-corrected chi connectivity index (χ0v) is 67.4. The Kier molecular flexibility index (Phi) is 32.6. The van der Waals surface area contributed by atoms with Gasteiger partial charge in [0.1, 0.15) is 11.0 Å². The van der Waals surface area contributed by atoms with Crippen molar-refractivity contribution in [3.63, 3.8) is 0 Å². The molecular weight excluding hydrogens is 1580 g/mol. The predicted molar refractivity (Wildman–Crippen MR) is 481 cm³/mol.